The van der Waals surface area contributed by atoms with Crippen LogP contribution in [-0.4, -0.2) is 63.0 Å². The second-order valence-electron chi connectivity index (χ2n) is 5.59. The van der Waals surface area contributed by atoms with Crippen LogP contribution < -0.4 is 5.32 Å². The molecule has 0 aromatic carbocycles. The Hall–Kier alpha value is -0.160. The lowest BCUT2D eigenvalue weighted by Crippen LogP contribution is -2.49. The van der Waals surface area contributed by atoms with Crippen molar-refractivity contribution in [3.8, 4) is 0 Å². The summed E-state index contributed by atoms with van der Waals surface area (Å²) in [6.45, 7) is 11.5. The van der Waals surface area contributed by atoms with E-state index < -0.39 is 0 Å². The predicted molar refractivity (Wildman–Crippen MR) is 68.2 cm³/mol. The zero-order chi connectivity index (χ0) is 12.1. The van der Waals surface area contributed by atoms with Gasteiger partial charge in [0.1, 0.15) is 0 Å². The van der Waals surface area contributed by atoms with Crippen LogP contribution in [0.5, 0.6) is 0 Å². The quantitative estimate of drug-likeness (QED) is 0.788. The van der Waals surface area contributed by atoms with Gasteiger partial charge >= 0.3 is 0 Å². The second-order valence-corrected chi connectivity index (χ2v) is 5.59. The number of piperazine rings is 1. The normalized spacial score (nSPS) is 31.9. The first-order chi connectivity index (χ1) is 8.24. The Morgan fingerprint density at radius 3 is 2.35 bits per heavy atom. The molecule has 0 aliphatic carbocycles. The largest absolute Gasteiger partial charge is 0.373 e. The number of nitrogens with zero attached hydrogens (tertiary/aromatic N) is 1. The van der Waals surface area contributed by atoms with Gasteiger partial charge < -0.3 is 14.8 Å². The van der Waals surface area contributed by atoms with Crippen molar-refractivity contribution >= 4 is 0 Å². The lowest BCUT2D eigenvalue weighted by molar-refractivity contribution is -0.144. The van der Waals surface area contributed by atoms with Crippen molar-refractivity contribution in [1.29, 1.82) is 0 Å². The number of nitrogens with one attached hydrogen (secondary N) is 1. The zero-order valence-electron chi connectivity index (χ0n) is 11.2. The zero-order valence-corrected chi connectivity index (χ0v) is 11.2. The molecule has 1 N–H and O–H groups in total. The molecule has 4 nitrogen and oxygen atoms in total. The Kier molecular flexibility index (Phi) is 5.22. The number of hydrogen-bond acceptors (Lipinski definition) is 4. The van der Waals surface area contributed by atoms with Crippen LogP contribution in [0, 0.1) is 5.92 Å². The molecule has 100 valence electrons. The highest BCUT2D eigenvalue weighted by atomic mass is 16.6. The molecule has 0 spiro atoms. The first kappa shape index (κ1) is 13.3. The molecule has 2 fully saturated rings. The monoisotopic (exact) mass is 242 g/mol. The van der Waals surface area contributed by atoms with Gasteiger partial charge in [-0.15, -0.1) is 0 Å². The molecule has 0 radical (unpaired) electrons. The maximum Gasteiger partial charge on any atom is 0.0936 e. The van der Waals surface area contributed by atoms with E-state index in [4.69, 9.17) is 9.47 Å². The van der Waals surface area contributed by atoms with Crippen LogP contribution in [0.1, 0.15) is 20.3 Å². The van der Waals surface area contributed by atoms with E-state index in [0.717, 1.165) is 52.4 Å². The molecule has 2 heterocycles. The van der Waals surface area contributed by atoms with E-state index in [-0.39, 0.29) is 6.10 Å². The van der Waals surface area contributed by atoms with E-state index in [1.807, 2.05) is 0 Å². The van der Waals surface area contributed by atoms with E-state index in [2.05, 4.69) is 24.1 Å². The van der Waals surface area contributed by atoms with Crippen LogP contribution in [0.3, 0.4) is 0 Å². The first-order valence-electron chi connectivity index (χ1n) is 6.90. The van der Waals surface area contributed by atoms with E-state index in [9.17, 15) is 0 Å². The fourth-order valence-electron chi connectivity index (χ4n) is 2.53. The molecule has 0 bridgehead atoms. The Morgan fingerprint density at radius 1 is 1.12 bits per heavy atom. The van der Waals surface area contributed by atoms with Crippen molar-refractivity contribution in [2.75, 3.05) is 45.9 Å². The summed E-state index contributed by atoms with van der Waals surface area (Å²) in [6, 6.07) is 0. The van der Waals surface area contributed by atoms with Crippen molar-refractivity contribution in [3.05, 3.63) is 0 Å². The molecule has 2 rings (SSSR count). The lowest BCUT2D eigenvalue weighted by Gasteiger charge is -2.35. The molecule has 2 aliphatic heterocycles. The third kappa shape index (κ3) is 4.54. The summed E-state index contributed by atoms with van der Waals surface area (Å²) in [7, 11) is 0. The Labute approximate surface area is 105 Å². The minimum Gasteiger partial charge on any atom is -0.373 e. The summed E-state index contributed by atoms with van der Waals surface area (Å²) in [5.74, 6) is 0.688. The highest BCUT2D eigenvalue weighted by Gasteiger charge is 2.24. The second kappa shape index (κ2) is 6.69. The van der Waals surface area contributed by atoms with Crippen molar-refractivity contribution in [2.24, 2.45) is 5.92 Å². The van der Waals surface area contributed by atoms with Gasteiger partial charge in [0.25, 0.3) is 0 Å². The molecule has 17 heavy (non-hydrogen) atoms. The summed E-state index contributed by atoms with van der Waals surface area (Å²) in [5.41, 5.74) is 0. The van der Waals surface area contributed by atoms with E-state index in [0.29, 0.717) is 12.0 Å². The van der Waals surface area contributed by atoms with Crippen LogP contribution in [0.25, 0.3) is 0 Å². The Balaban J connectivity index is 1.64. The van der Waals surface area contributed by atoms with Crippen LogP contribution in [0.2, 0.25) is 0 Å². The molecule has 0 amide bonds. The van der Waals surface area contributed by atoms with Gasteiger partial charge in [0, 0.05) is 32.7 Å². The van der Waals surface area contributed by atoms with E-state index >= 15 is 0 Å². The van der Waals surface area contributed by atoms with E-state index in [1.165, 1.54) is 0 Å². The van der Waals surface area contributed by atoms with Crippen molar-refractivity contribution in [3.63, 3.8) is 0 Å². The van der Waals surface area contributed by atoms with Crippen LogP contribution in [0.4, 0.5) is 0 Å². The van der Waals surface area contributed by atoms with Gasteiger partial charge in [0.2, 0.25) is 0 Å². The molecular weight excluding hydrogens is 216 g/mol. The lowest BCUT2D eigenvalue weighted by atomic mass is 10.1. The van der Waals surface area contributed by atoms with Crippen LogP contribution in [0.15, 0.2) is 0 Å². The van der Waals surface area contributed by atoms with Gasteiger partial charge in [-0.25, -0.2) is 0 Å². The number of hydrogen-bond donors (Lipinski definition) is 1. The summed E-state index contributed by atoms with van der Waals surface area (Å²) in [4.78, 5) is 2.47. The van der Waals surface area contributed by atoms with Crippen molar-refractivity contribution in [1.82, 2.24) is 10.2 Å². The summed E-state index contributed by atoms with van der Waals surface area (Å²) in [5, 5.41) is 3.37. The fourth-order valence-corrected chi connectivity index (χ4v) is 2.53. The topological polar surface area (TPSA) is 33.7 Å². The first-order valence-corrected chi connectivity index (χ1v) is 6.90. The highest BCUT2D eigenvalue weighted by Crippen LogP contribution is 2.15. The number of rotatable bonds is 4. The smallest absolute Gasteiger partial charge is 0.0936 e. The van der Waals surface area contributed by atoms with Gasteiger partial charge in [-0.2, -0.15) is 0 Å². The van der Waals surface area contributed by atoms with Gasteiger partial charge in [0.15, 0.2) is 0 Å². The molecular formula is C13H26N2O2. The third-order valence-corrected chi connectivity index (χ3v) is 3.44. The fraction of sp³-hybridized carbons (Fsp3) is 1.00. The van der Waals surface area contributed by atoms with E-state index in [1.54, 1.807) is 0 Å². The molecule has 2 unspecified atom stereocenters. The summed E-state index contributed by atoms with van der Waals surface area (Å²) < 4.78 is 11.8. The average molecular weight is 242 g/mol. The van der Waals surface area contributed by atoms with Gasteiger partial charge in [0.05, 0.1) is 25.4 Å². The van der Waals surface area contributed by atoms with Crippen LogP contribution in [-0.2, 0) is 9.47 Å². The molecule has 2 aliphatic rings. The summed E-state index contributed by atoms with van der Waals surface area (Å²) in [6.07, 6.45) is 1.70. The SMILES string of the molecule is CC(C)CC1COC(CN2CCNCC2)CO1. The average Bonchev–Trinajstić information content (AvgIpc) is 2.32. The summed E-state index contributed by atoms with van der Waals surface area (Å²) >= 11 is 0. The molecule has 2 saturated heterocycles. The third-order valence-electron chi connectivity index (χ3n) is 3.44. The highest BCUT2D eigenvalue weighted by molar-refractivity contribution is 4.75. The minimum atomic E-state index is 0.275. The van der Waals surface area contributed by atoms with Crippen LogP contribution >= 0.6 is 0 Å². The predicted octanol–water partition coefficient (Wildman–Crippen LogP) is 0.722. The van der Waals surface area contributed by atoms with Crippen molar-refractivity contribution in [2.45, 2.75) is 32.5 Å². The Morgan fingerprint density at radius 2 is 1.76 bits per heavy atom. The van der Waals surface area contributed by atoms with Gasteiger partial charge in [-0.05, 0) is 12.3 Å². The van der Waals surface area contributed by atoms with Gasteiger partial charge in [-0.3, -0.25) is 4.90 Å². The molecule has 4 heteroatoms. The minimum absolute atomic E-state index is 0.275. The molecule has 2 atom stereocenters. The molecule has 0 saturated carbocycles. The van der Waals surface area contributed by atoms with Crippen molar-refractivity contribution < 1.29 is 9.47 Å². The standard InChI is InChI=1S/C13H26N2O2/c1-11(2)7-12-9-17-13(10-16-12)8-15-5-3-14-4-6-15/h11-14H,3-10H2,1-2H3. The number of ether oxygens (including phenoxy) is 2. The maximum absolute atomic E-state index is 5.91. The van der Waals surface area contributed by atoms with Gasteiger partial charge in [-0.1, -0.05) is 13.8 Å². The Bertz CT molecular complexity index is 209. The molecule has 0 aromatic rings. The maximum atomic E-state index is 5.91. The molecule has 0 aromatic heterocycles.